The Morgan fingerprint density at radius 1 is 1.14 bits per heavy atom. The largest absolute Gasteiger partial charge is 0.132 e. The first-order chi connectivity index (χ1) is 3.41. The standard InChI is InChI=1S/C6H7B/c1-2-3-4-5-6-7/h2-6H,1H2/b4-3+,6-5+. The molecule has 0 saturated carbocycles. The van der Waals surface area contributed by atoms with Gasteiger partial charge in [0.05, 0.1) is 0 Å². The van der Waals surface area contributed by atoms with Crippen LogP contribution in [0, 0.1) is 0 Å². The van der Waals surface area contributed by atoms with E-state index >= 15 is 0 Å². The monoisotopic (exact) mass is 90.1 g/mol. The van der Waals surface area contributed by atoms with Crippen LogP contribution in [0.5, 0.6) is 0 Å². The maximum absolute atomic E-state index is 5.00. The molecule has 34 valence electrons. The highest BCUT2D eigenvalue weighted by molar-refractivity contribution is 6.17. The third-order valence-electron chi connectivity index (χ3n) is 0.469. The van der Waals surface area contributed by atoms with Crippen molar-refractivity contribution >= 4 is 7.85 Å². The number of hydrogen-bond acceptors (Lipinski definition) is 0. The van der Waals surface area contributed by atoms with Crippen molar-refractivity contribution in [2.45, 2.75) is 0 Å². The molecule has 0 aromatic carbocycles. The SMILES string of the molecule is [B]/C=C/C=C/C=C. The van der Waals surface area contributed by atoms with Crippen molar-refractivity contribution < 1.29 is 0 Å². The van der Waals surface area contributed by atoms with Crippen LogP contribution in [0.15, 0.2) is 36.9 Å². The molecular weight excluding hydrogens is 82.9 g/mol. The average molecular weight is 89.9 g/mol. The van der Waals surface area contributed by atoms with E-state index in [1.807, 2.05) is 12.2 Å². The van der Waals surface area contributed by atoms with Crippen molar-refractivity contribution in [3.8, 4) is 0 Å². The molecule has 0 fully saturated rings. The number of hydrogen-bond donors (Lipinski definition) is 0. The fourth-order valence-electron chi connectivity index (χ4n) is 0.207. The Morgan fingerprint density at radius 3 is 2.29 bits per heavy atom. The quantitative estimate of drug-likeness (QED) is 0.355. The maximum Gasteiger partial charge on any atom is 0.102 e. The van der Waals surface area contributed by atoms with Crippen molar-refractivity contribution in [3.05, 3.63) is 36.9 Å². The summed E-state index contributed by atoms with van der Waals surface area (Å²) in [6.45, 7) is 3.47. The van der Waals surface area contributed by atoms with Gasteiger partial charge in [-0.2, -0.15) is 0 Å². The van der Waals surface area contributed by atoms with Gasteiger partial charge in [0.2, 0.25) is 0 Å². The first kappa shape index (κ1) is 6.28. The molecule has 7 heavy (non-hydrogen) atoms. The minimum absolute atomic E-state index is 1.47. The van der Waals surface area contributed by atoms with Crippen LogP contribution in [-0.2, 0) is 0 Å². The molecule has 1 heteroatoms. The van der Waals surface area contributed by atoms with E-state index in [2.05, 4.69) is 6.58 Å². The summed E-state index contributed by atoms with van der Waals surface area (Å²) in [7, 11) is 5.00. The van der Waals surface area contributed by atoms with E-state index in [1.54, 1.807) is 12.2 Å². The molecular formula is C6H7B. The molecule has 0 spiro atoms. The molecule has 0 heterocycles. The van der Waals surface area contributed by atoms with Crippen molar-refractivity contribution in [3.63, 3.8) is 0 Å². The lowest BCUT2D eigenvalue weighted by Crippen LogP contribution is -1.48. The van der Waals surface area contributed by atoms with Crippen molar-refractivity contribution in [1.29, 1.82) is 0 Å². The van der Waals surface area contributed by atoms with Gasteiger partial charge < -0.3 is 0 Å². The Hall–Kier alpha value is -0.715. The fourth-order valence-corrected chi connectivity index (χ4v) is 0.207. The van der Waals surface area contributed by atoms with E-state index in [0.717, 1.165) is 0 Å². The van der Waals surface area contributed by atoms with Gasteiger partial charge in [0, 0.05) is 0 Å². The molecule has 0 aliphatic rings. The highest BCUT2D eigenvalue weighted by Gasteiger charge is 1.52. The maximum atomic E-state index is 5.00. The first-order valence-electron chi connectivity index (χ1n) is 2.07. The summed E-state index contributed by atoms with van der Waals surface area (Å²) in [5, 5.41) is 0. The van der Waals surface area contributed by atoms with Gasteiger partial charge in [-0.25, -0.2) is 0 Å². The third kappa shape index (κ3) is 5.28. The molecule has 0 bridgehead atoms. The Kier molecular flexibility index (Phi) is 4.75. The zero-order valence-electron chi connectivity index (χ0n) is 4.17. The van der Waals surface area contributed by atoms with Crippen molar-refractivity contribution in [2.75, 3.05) is 0 Å². The molecule has 0 unspecified atom stereocenters. The fraction of sp³-hybridized carbons (Fsp3) is 0. The Balaban J connectivity index is 3.27. The molecule has 0 aliphatic carbocycles. The smallest absolute Gasteiger partial charge is 0.102 e. The first-order valence-corrected chi connectivity index (χ1v) is 2.07. The third-order valence-corrected chi connectivity index (χ3v) is 0.469. The summed E-state index contributed by atoms with van der Waals surface area (Å²) in [5.41, 5.74) is 0. The predicted octanol–water partition coefficient (Wildman–Crippen LogP) is 1.41. The van der Waals surface area contributed by atoms with Gasteiger partial charge in [0.15, 0.2) is 0 Å². The van der Waals surface area contributed by atoms with E-state index in [-0.39, 0.29) is 0 Å². The van der Waals surface area contributed by atoms with Crippen LogP contribution in [-0.4, -0.2) is 7.85 Å². The van der Waals surface area contributed by atoms with Crippen LogP contribution in [0.25, 0.3) is 0 Å². The molecule has 0 N–H and O–H groups in total. The van der Waals surface area contributed by atoms with Crippen molar-refractivity contribution in [1.82, 2.24) is 0 Å². The van der Waals surface area contributed by atoms with E-state index in [9.17, 15) is 0 Å². The summed E-state index contributed by atoms with van der Waals surface area (Å²) < 4.78 is 0. The lowest BCUT2D eigenvalue weighted by atomic mass is 10.1. The highest BCUT2D eigenvalue weighted by Crippen LogP contribution is 1.72. The zero-order chi connectivity index (χ0) is 5.54. The Labute approximate surface area is 45.6 Å². The molecule has 0 aromatic rings. The normalized spacial score (nSPS) is 10.9. The topological polar surface area (TPSA) is 0 Å². The Morgan fingerprint density at radius 2 is 1.86 bits per heavy atom. The molecule has 0 rings (SSSR count). The van der Waals surface area contributed by atoms with Gasteiger partial charge in [-0.15, -0.1) is 5.98 Å². The van der Waals surface area contributed by atoms with Crippen LogP contribution < -0.4 is 0 Å². The van der Waals surface area contributed by atoms with Gasteiger partial charge >= 0.3 is 0 Å². The second-order valence-electron chi connectivity index (χ2n) is 1.01. The molecule has 0 saturated heterocycles. The number of allylic oxidation sites excluding steroid dienone is 4. The molecule has 0 atom stereocenters. The number of rotatable bonds is 2. The second kappa shape index (κ2) is 5.28. The lowest BCUT2D eigenvalue weighted by Gasteiger charge is -1.65. The van der Waals surface area contributed by atoms with Crippen LogP contribution in [0.4, 0.5) is 0 Å². The predicted molar refractivity (Wildman–Crippen MR) is 34.2 cm³/mol. The van der Waals surface area contributed by atoms with Gasteiger partial charge in [0.1, 0.15) is 7.85 Å². The van der Waals surface area contributed by atoms with Crippen LogP contribution >= 0.6 is 0 Å². The summed E-state index contributed by atoms with van der Waals surface area (Å²) in [6.07, 6.45) is 7.05. The van der Waals surface area contributed by atoms with Crippen LogP contribution in [0.3, 0.4) is 0 Å². The molecule has 0 aliphatic heterocycles. The summed E-state index contributed by atoms with van der Waals surface area (Å²) in [5.74, 6) is 1.47. The average Bonchev–Trinajstić information content (AvgIpc) is 1.69. The molecule has 0 aromatic heterocycles. The highest BCUT2D eigenvalue weighted by atomic mass is 13.6. The van der Waals surface area contributed by atoms with E-state index in [4.69, 9.17) is 7.85 Å². The van der Waals surface area contributed by atoms with E-state index < -0.39 is 0 Å². The van der Waals surface area contributed by atoms with E-state index in [1.165, 1.54) is 5.98 Å². The lowest BCUT2D eigenvalue weighted by molar-refractivity contribution is 1.97. The molecule has 0 amide bonds. The minimum atomic E-state index is 1.47. The Bertz CT molecular complexity index is 90.4. The zero-order valence-corrected chi connectivity index (χ0v) is 4.17. The van der Waals surface area contributed by atoms with Gasteiger partial charge in [-0.05, 0) is 0 Å². The van der Waals surface area contributed by atoms with Crippen molar-refractivity contribution in [2.24, 2.45) is 0 Å². The van der Waals surface area contributed by atoms with Gasteiger partial charge in [-0.1, -0.05) is 30.9 Å². The van der Waals surface area contributed by atoms with Gasteiger partial charge in [0.25, 0.3) is 0 Å². The summed E-state index contributed by atoms with van der Waals surface area (Å²) >= 11 is 0. The summed E-state index contributed by atoms with van der Waals surface area (Å²) in [4.78, 5) is 0. The summed E-state index contributed by atoms with van der Waals surface area (Å²) in [6, 6.07) is 0. The molecule has 2 radical (unpaired) electrons. The van der Waals surface area contributed by atoms with Crippen LogP contribution in [0.1, 0.15) is 0 Å². The van der Waals surface area contributed by atoms with Crippen LogP contribution in [0.2, 0.25) is 0 Å². The molecule has 0 nitrogen and oxygen atoms in total. The van der Waals surface area contributed by atoms with E-state index in [0.29, 0.717) is 0 Å². The minimum Gasteiger partial charge on any atom is -0.132 e. The second-order valence-corrected chi connectivity index (χ2v) is 1.01. The van der Waals surface area contributed by atoms with Gasteiger partial charge in [-0.3, -0.25) is 0 Å².